The lowest BCUT2D eigenvalue weighted by molar-refractivity contribution is 0.379. The Hall–Kier alpha value is -2.74. The van der Waals surface area contributed by atoms with E-state index in [0.29, 0.717) is 36.2 Å². The number of guanidine groups is 1. The van der Waals surface area contributed by atoms with Gasteiger partial charge in [-0.3, -0.25) is 0 Å². The molecule has 2 rings (SSSR count). The Morgan fingerprint density at radius 3 is 2.37 bits per heavy atom. The van der Waals surface area contributed by atoms with E-state index in [9.17, 15) is 8.42 Å². The van der Waals surface area contributed by atoms with Gasteiger partial charge in [0.15, 0.2) is 17.5 Å². The van der Waals surface area contributed by atoms with Crippen LogP contribution in [0.1, 0.15) is 25.8 Å². The van der Waals surface area contributed by atoms with Crippen LogP contribution in [0.2, 0.25) is 0 Å². The number of hydrogen-bond donors (Lipinski definition) is 2. The number of sulfone groups is 1. The van der Waals surface area contributed by atoms with Crippen molar-refractivity contribution >= 4 is 15.8 Å². The summed E-state index contributed by atoms with van der Waals surface area (Å²) in [6.45, 7) is 5.14. The van der Waals surface area contributed by atoms with Crippen LogP contribution in [0.25, 0.3) is 0 Å². The molecule has 0 heterocycles. The lowest BCUT2D eigenvalue weighted by Crippen LogP contribution is -2.42. The maximum absolute atomic E-state index is 11.3. The van der Waals surface area contributed by atoms with Crippen LogP contribution in [0, 0.1) is 0 Å². The van der Waals surface area contributed by atoms with Crippen LogP contribution in [-0.4, -0.2) is 46.1 Å². The molecule has 164 valence electrons. The van der Waals surface area contributed by atoms with Crippen molar-refractivity contribution in [3.05, 3.63) is 54.1 Å². The third-order valence-corrected chi connectivity index (χ3v) is 5.27. The fourth-order valence-electron chi connectivity index (χ4n) is 2.68. The summed E-state index contributed by atoms with van der Waals surface area (Å²) in [6.07, 6.45) is 1.78. The molecule has 2 N–H and O–H groups in total. The Bertz CT molecular complexity index is 928. The highest BCUT2D eigenvalue weighted by Crippen LogP contribution is 2.30. The number of aliphatic imine (C=N–C) groups is 1. The first kappa shape index (κ1) is 23.5. The second kappa shape index (κ2) is 11.4. The lowest BCUT2D eigenvalue weighted by atomic mass is 10.2. The number of hydrogen-bond acceptors (Lipinski definition) is 5. The number of methoxy groups -OCH3 is 1. The number of nitrogens with one attached hydrogen (secondary N) is 2. The summed E-state index contributed by atoms with van der Waals surface area (Å²) in [4.78, 5) is 4.59. The summed E-state index contributed by atoms with van der Waals surface area (Å²) < 4.78 is 33.9. The molecule has 0 spiro atoms. The van der Waals surface area contributed by atoms with E-state index in [0.717, 1.165) is 12.1 Å². The maximum Gasteiger partial charge on any atom is 0.191 e. The molecule has 0 aliphatic heterocycles. The molecule has 0 aromatic heterocycles. The molecule has 0 bridgehead atoms. The number of benzene rings is 2. The van der Waals surface area contributed by atoms with Gasteiger partial charge in [-0.2, -0.15) is 0 Å². The normalized spacial score (nSPS) is 12.9. The second-order valence-corrected chi connectivity index (χ2v) is 9.32. The molecule has 0 fully saturated rings. The van der Waals surface area contributed by atoms with Gasteiger partial charge in [-0.1, -0.05) is 24.3 Å². The van der Waals surface area contributed by atoms with Crippen molar-refractivity contribution in [2.45, 2.75) is 32.9 Å². The first-order valence-electron chi connectivity index (χ1n) is 9.93. The van der Waals surface area contributed by atoms with Crippen molar-refractivity contribution < 1.29 is 17.9 Å². The molecule has 0 aliphatic carbocycles. The molecule has 0 saturated heterocycles. The van der Waals surface area contributed by atoms with E-state index < -0.39 is 9.84 Å². The van der Waals surface area contributed by atoms with Gasteiger partial charge in [-0.25, -0.2) is 13.4 Å². The van der Waals surface area contributed by atoms with E-state index >= 15 is 0 Å². The van der Waals surface area contributed by atoms with E-state index in [1.807, 2.05) is 62.4 Å². The Morgan fingerprint density at radius 1 is 1.10 bits per heavy atom. The van der Waals surface area contributed by atoms with E-state index in [1.54, 1.807) is 7.11 Å². The average Bonchev–Trinajstić information content (AvgIpc) is 2.71. The maximum atomic E-state index is 11.3. The van der Waals surface area contributed by atoms with Crippen LogP contribution < -0.4 is 20.1 Å². The van der Waals surface area contributed by atoms with Crippen molar-refractivity contribution in [1.29, 1.82) is 0 Å². The molecule has 1 unspecified atom stereocenters. The van der Waals surface area contributed by atoms with Gasteiger partial charge in [-0.15, -0.1) is 0 Å². The zero-order valence-electron chi connectivity index (χ0n) is 18.0. The molecule has 2 aromatic carbocycles. The van der Waals surface area contributed by atoms with E-state index in [2.05, 4.69) is 15.6 Å². The number of rotatable bonds is 10. The zero-order chi connectivity index (χ0) is 22.0. The van der Waals surface area contributed by atoms with Gasteiger partial charge in [0.2, 0.25) is 0 Å². The van der Waals surface area contributed by atoms with Crippen molar-refractivity contribution in [3.63, 3.8) is 0 Å². The van der Waals surface area contributed by atoms with Crippen LogP contribution >= 0.6 is 0 Å². The third-order valence-electron chi connectivity index (χ3n) is 4.29. The van der Waals surface area contributed by atoms with Crippen molar-refractivity contribution in [3.8, 4) is 17.2 Å². The van der Waals surface area contributed by atoms with Gasteiger partial charge in [0.05, 0.1) is 19.4 Å². The smallest absolute Gasteiger partial charge is 0.191 e. The minimum absolute atomic E-state index is 0.00541. The summed E-state index contributed by atoms with van der Waals surface area (Å²) in [5.41, 5.74) is 1.03. The molecule has 0 saturated carbocycles. The van der Waals surface area contributed by atoms with Gasteiger partial charge in [0.1, 0.15) is 15.6 Å². The molecular weight excluding hydrogens is 402 g/mol. The summed E-state index contributed by atoms with van der Waals surface area (Å²) >= 11 is 0. The first-order chi connectivity index (χ1) is 14.3. The summed E-state index contributed by atoms with van der Waals surface area (Å²) in [7, 11) is -1.36. The van der Waals surface area contributed by atoms with Gasteiger partial charge in [0.25, 0.3) is 0 Å². The number of nitrogens with zero attached hydrogens (tertiary/aromatic N) is 1. The highest BCUT2D eigenvalue weighted by Gasteiger charge is 2.09. The van der Waals surface area contributed by atoms with Crippen LogP contribution in [-0.2, 0) is 16.4 Å². The lowest BCUT2D eigenvalue weighted by Gasteiger charge is -2.17. The first-order valence-corrected chi connectivity index (χ1v) is 12.0. The van der Waals surface area contributed by atoms with Crippen LogP contribution in [0.3, 0.4) is 0 Å². The van der Waals surface area contributed by atoms with E-state index in [4.69, 9.17) is 9.47 Å². The molecule has 8 heteroatoms. The van der Waals surface area contributed by atoms with Gasteiger partial charge < -0.3 is 20.1 Å². The van der Waals surface area contributed by atoms with Gasteiger partial charge >= 0.3 is 0 Å². The van der Waals surface area contributed by atoms with Crippen LogP contribution in [0.15, 0.2) is 53.5 Å². The Kier molecular flexibility index (Phi) is 8.98. The summed E-state index contributed by atoms with van der Waals surface area (Å²) in [5.74, 6) is 2.86. The molecule has 30 heavy (non-hydrogen) atoms. The Morgan fingerprint density at radius 2 is 1.77 bits per heavy atom. The summed E-state index contributed by atoms with van der Waals surface area (Å²) in [6, 6.07) is 15.2. The number of para-hydroxylation sites is 2. The highest BCUT2D eigenvalue weighted by molar-refractivity contribution is 7.90. The molecule has 7 nitrogen and oxygen atoms in total. The van der Waals surface area contributed by atoms with E-state index in [1.165, 1.54) is 6.26 Å². The quantitative estimate of drug-likeness (QED) is 0.441. The summed E-state index contributed by atoms with van der Waals surface area (Å²) in [5, 5.41) is 6.44. The van der Waals surface area contributed by atoms with Gasteiger partial charge in [0, 0.05) is 18.8 Å². The molecular formula is C22H31N3O4S. The fourth-order valence-corrected chi connectivity index (χ4v) is 3.46. The van der Waals surface area contributed by atoms with Crippen molar-refractivity contribution in [2.24, 2.45) is 4.99 Å². The predicted molar refractivity (Wildman–Crippen MR) is 121 cm³/mol. The molecule has 0 aliphatic rings. The average molecular weight is 434 g/mol. The van der Waals surface area contributed by atoms with Gasteiger partial charge in [-0.05, 0) is 50.1 Å². The standard InChI is InChI=1S/C22H31N3O4S/c1-5-23-22(25-17(2)14-15-30(4,26)27)24-16-18-10-12-19(13-11-18)29-21-9-7-6-8-20(21)28-3/h6-13,17H,5,14-16H2,1-4H3,(H2,23,24,25). The Labute approximate surface area is 179 Å². The minimum atomic E-state index is -2.97. The van der Waals surface area contributed by atoms with Crippen LogP contribution in [0.4, 0.5) is 0 Å². The second-order valence-electron chi connectivity index (χ2n) is 7.06. The minimum Gasteiger partial charge on any atom is -0.493 e. The highest BCUT2D eigenvalue weighted by atomic mass is 32.2. The zero-order valence-corrected chi connectivity index (χ0v) is 18.8. The fraction of sp³-hybridized carbons (Fsp3) is 0.409. The van der Waals surface area contributed by atoms with Crippen LogP contribution in [0.5, 0.6) is 17.2 Å². The third kappa shape index (κ3) is 8.32. The molecule has 2 aromatic rings. The molecule has 0 amide bonds. The monoisotopic (exact) mass is 433 g/mol. The SMILES string of the molecule is CCNC(=NCc1ccc(Oc2ccccc2OC)cc1)NC(C)CCS(C)(=O)=O. The van der Waals surface area contributed by atoms with Crippen molar-refractivity contribution in [1.82, 2.24) is 10.6 Å². The molecule has 0 radical (unpaired) electrons. The van der Waals surface area contributed by atoms with Crippen molar-refractivity contribution in [2.75, 3.05) is 25.7 Å². The number of ether oxygens (including phenoxy) is 2. The predicted octanol–water partition coefficient (Wildman–Crippen LogP) is 3.37. The largest absolute Gasteiger partial charge is 0.493 e. The topological polar surface area (TPSA) is 89.0 Å². The molecule has 1 atom stereocenters. The Balaban J connectivity index is 1.97. The van der Waals surface area contributed by atoms with E-state index in [-0.39, 0.29) is 11.8 Å².